The summed E-state index contributed by atoms with van der Waals surface area (Å²) in [6.45, 7) is 4.95. The minimum Gasteiger partial charge on any atom is -0.370 e. The Kier molecular flexibility index (Phi) is 5.58. The first-order chi connectivity index (χ1) is 10.0. The zero-order valence-electron chi connectivity index (χ0n) is 12.8. The smallest absolute Gasteiger partial charge is 0.241 e. The lowest BCUT2D eigenvalue weighted by atomic mass is 9.87. The second-order valence-corrected chi connectivity index (χ2v) is 7.51. The van der Waals surface area contributed by atoms with Crippen LogP contribution in [0.5, 0.6) is 0 Å². The number of rotatable bonds is 6. The average molecular weight is 311 g/mol. The van der Waals surface area contributed by atoms with Crippen molar-refractivity contribution in [2.45, 2.75) is 56.9 Å². The molecule has 21 heavy (non-hydrogen) atoms. The predicted molar refractivity (Wildman–Crippen MR) is 84.8 cm³/mol. The fraction of sp³-hybridized carbons (Fsp3) is 0.667. The first-order valence-electron chi connectivity index (χ1n) is 7.75. The van der Waals surface area contributed by atoms with Crippen molar-refractivity contribution in [1.29, 1.82) is 0 Å². The van der Waals surface area contributed by atoms with Gasteiger partial charge in [0.15, 0.2) is 0 Å². The van der Waals surface area contributed by atoms with Gasteiger partial charge in [-0.3, -0.25) is 0 Å². The predicted octanol–water partition coefficient (Wildman–Crippen LogP) is 2.76. The van der Waals surface area contributed by atoms with Gasteiger partial charge in [-0.05, 0) is 31.2 Å². The molecule has 1 aromatic heterocycles. The van der Waals surface area contributed by atoms with E-state index >= 15 is 0 Å². The van der Waals surface area contributed by atoms with Crippen LogP contribution < -0.4 is 10.0 Å². The van der Waals surface area contributed by atoms with Crippen LogP contribution in [0.15, 0.2) is 23.2 Å². The van der Waals surface area contributed by atoms with Crippen LogP contribution in [-0.4, -0.2) is 26.0 Å². The molecule has 0 aliphatic heterocycles. The number of aromatic nitrogens is 1. The molecule has 0 spiro atoms. The van der Waals surface area contributed by atoms with Crippen LogP contribution in [0.2, 0.25) is 0 Å². The minimum absolute atomic E-state index is 0.0453. The van der Waals surface area contributed by atoms with E-state index in [0.717, 1.165) is 32.2 Å². The molecule has 1 fully saturated rings. The van der Waals surface area contributed by atoms with Gasteiger partial charge in [0.2, 0.25) is 10.0 Å². The van der Waals surface area contributed by atoms with Gasteiger partial charge in [0.25, 0.3) is 0 Å². The zero-order chi connectivity index (χ0) is 15.3. The van der Waals surface area contributed by atoms with Gasteiger partial charge in [0.1, 0.15) is 5.82 Å². The molecule has 5 nitrogen and oxygen atoms in total. The van der Waals surface area contributed by atoms with Crippen molar-refractivity contribution in [2.24, 2.45) is 5.92 Å². The molecule has 6 heteroatoms. The van der Waals surface area contributed by atoms with Crippen molar-refractivity contribution in [1.82, 2.24) is 9.71 Å². The Morgan fingerprint density at radius 2 is 2.10 bits per heavy atom. The summed E-state index contributed by atoms with van der Waals surface area (Å²) >= 11 is 0. The summed E-state index contributed by atoms with van der Waals surface area (Å²) in [6, 6.07) is 3.20. The second kappa shape index (κ2) is 7.22. The van der Waals surface area contributed by atoms with Gasteiger partial charge >= 0.3 is 0 Å². The number of pyridine rings is 1. The van der Waals surface area contributed by atoms with Gasteiger partial charge in [0.05, 0.1) is 4.90 Å². The zero-order valence-corrected chi connectivity index (χ0v) is 13.6. The molecule has 0 radical (unpaired) electrons. The van der Waals surface area contributed by atoms with Crippen molar-refractivity contribution in [3.8, 4) is 0 Å². The molecule has 1 aliphatic rings. The van der Waals surface area contributed by atoms with Gasteiger partial charge < -0.3 is 5.32 Å². The highest BCUT2D eigenvalue weighted by Crippen LogP contribution is 2.25. The van der Waals surface area contributed by atoms with Gasteiger partial charge in [-0.1, -0.05) is 26.7 Å². The van der Waals surface area contributed by atoms with E-state index in [-0.39, 0.29) is 10.9 Å². The first-order valence-corrected chi connectivity index (χ1v) is 9.23. The van der Waals surface area contributed by atoms with E-state index in [4.69, 9.17) is 0 Å². The number of sulfonamides is 1. The third kappa shape index (κ3) is 4.41. The van der Waals surface area contributed by atoms with Crippen LogP contribution in [0.25, 0.3) is 0 Å². The highest BCUT2D eigenvalue weighted by molar-refractivity contribution is 7.89. The van der Waals surface area contributed by atoms with E-state index in [1.807, 2.05) is 0 Å². The summed E-state index contributed by atoms with van der Waals surface area (Å²) in [5.74, 6) is 1.00. The Morgan fingerprint density at radius 3 is 2.81 bits per heavy atom. The molecular formula is C15H25N3O2S. The maximum Gasteiger partial charge on any atom is 0.241 e. The highest BCUT2D eigenvalue weighted by atomic mass is 32.2. The molecule has 2 unspecified atom stereocenters. The third-order valence-electron chi connectivity index (χ3n) is 4.02. The van der Waals surface area contributed by atoms with Crippen LogP contribution in [-0.2, 0) is 10.0 Å². The van der Waals surface area contributed by atoms with Crippen LogP contribution in [0.1, 0.15) is 46.0 Å². The Balaban J connectivity index is 2.11. The van der Waals surface area contributed by atoms with E-state index in [1.54, 1.807) is 12.1 Å². The van der Waals surface area contributed by atoms with E-state index in [0.29, 0.717) is 11.7 Å². The van der Waals surface area contributed by atoms with Gasteiger partial charge in [-0.25, -0.2) is 18.1 Å². The summed E-state index contributed by atoms with van der Waals surface area (Å²) in [5, 5.41) is 3.12. The van der Waals surface area contributed by atoms with Crippen LogP contribution >= 0.6 is 0 Å². The molecule has 0 amide bonds. The maximum atomic E-state index is 12.5. The van der Waals surface area contributed by atoms with Crippen LogP contribution in [0, 0.1) is 5.92 Å². The lowest BCUT2D eigenvalue weighted by Crippen LogP contribution is -2.41. The molecule has 0 aromatic carbocycles. The molecule has 2 atom stereocenters. The van der Waals surface area contributed by atoms with Crippen molar-refractivity contribution < 1.29 is 8.42 Å². The Labute approximate surface area is 127 Å². The highest BCUT2D eigenvalue weighted by Gasteiger charge is 2.26. The Bertz CT molecular complexity index is 560. The fourth-order valence-electron chi connectivity index (χ4n) is 2.69. The SMILES string of the molecule is CCCNc1cc(S(=O)(=O)NC2CCCCC2C)ccn1. The van der Waals surface area contributed by atoms with Crippen molar-refractivity contribution in [2.75, 3.05) is 11.9 Å². The number of hydrogen-bond acceptors (Lipinski definition) is 4. The van der Waals surface area contributed by atoms with Gasteiger partial charge in [0, 0.05) is 24.8 Å². The molecule has 0 saturated heterocycles. The van der Waals surface area contributed by atoms with Gasteiger partial charge in [-0.2, -0.15) is 0 Å². The largest absolute Gasteiger partial charge is 0.370 e. The van der Waals surface area contributed by atoms with E-state index in [1.165, 1.54) is 12.6 Å². The standard InChI is InChI=1S/C15H25N3O2S/c1-3-9-16-15-11-13(8-10-17-15)21(19,20)18-14-7-5-4-6-12(14)2/h8,10-12,14,18H,3-7,9H2,1-2H3,(H,16,17). The monoisotopic (exact) mass is 311 g/mol. The molecule has 1 aromatic rings. The van der Waals surface area contributed by atoms with Gasteiger partial charge in [-0.15, -0.1) is 0 Å². The fourth-order valence-corrected chi connectivity index (χ4v) is 4.08. The maximum absolute atomic E-state index is 12.5. The Morgan fingerprint density at radius 1 is 1.33 bits per heavy atom. The summed E-state index contributed by atoms with van der Waals surface area (Å²) in [6.07, 6.45) is 6.81. The van der Waals surface area contributed by atoms with E-state index in [9.17, 15) is 8.42 Å². The molecule has 2 N–H and O–H groups in total. The summed E-state index contributed by atoms with van der Waals surface area (Å²) in [4.78, 5) is 4.43. The second-order valence-electron chi connectivity index (χ2n) is 5.79. The normalized spacial score (nSPS) is 23.0. The minimum atomic E-state index is -3.47. The number of nitrogens with zero attached hydrogens (tertiary/aromatic N) is 1. The first kappa shape index (κ1) is 16.2. The topological polar surface area (TPSA) is 71.1 Å². The Hall–Kier alpha value is -1.14. The number of nitrogens with one attached hydrogen (secondary N) is 2. The third-order valence-corrected chi connectivity index (χ3v) is 5.50. The van der Waals surface area contributed by atoms with Crippen molar-refractivity contribution >= 4 is 15.8 Å². The molecule has 118 valence electrons. The van der Waals surface area contributed by atoms with E-state index < -0.39 is 10.0 Å². The summed E-state index contributed by atoms with van der Waals surface area (Å²) in [5.41, 5.74) is 0. The molecule has 1 heterocycles. The molecule has 0 bridgehead atoms. The lowest BCUT2D eigenvalue weighted by molar-refractivity contribution is 0.310. The van der Waals surface area contributed by atoms with Crippen LogP contribution in [0.4, 0.5) is 5.82 Å². The molecule has 1 saturated carbocycles. The summed E-state index contributed by atoms with van der Waals surface area (Å²) in [7, 11) is -3.47. The van der Waals surface area contributed by atoms with Crippen molar-refractivity contribution in [3.05, 3.63) is 18.3 Å². The van der Waals surface area contributed by atoms with E-state index in [2.05, 4.69) is 28.9 Å². The lowest BCUT2D eigenvalue weighted by Gasteiger charge is -2.29. The molecular weight excluding hydrogens is 286 g/mol. The average Bonchev–Trinajstić information content (AvgIpc) is 2.48. The quantitative estimate of drug-likeness (QED) is 0.847. The van der Waals surface area contributed by atoms with Crippen molar-refractivity contribution in [3.63, 3.8) is 0 Å². The molecule has 1 aliphatic carbocycles. The summed E-state index contributed by atoms with van der Waals surface area (Å²) < 4.78 is 27.9. The number of anilines is 1. The number of hydrogen-bond donors (Lipinski definition) is 2. The molecule has 2 rings (SSSR count). The van der Waals surface area contributed by atoms with Crippen LogP contribution in [0.3, 0.4) is 0 Å².